The van der Waals surface area contributed by atoms with Gasteiger partial charge in [-0.05, 0) is 37.0 Å². The fourth-order valence-electron chi connectivity index (χ4n) is 1.59. The smallest absolute Gasteiger partial charge is 0.253 e. The Morgan fingerprint density at radius 3 is 2.84 bits per heavy atom. The molecule has 1 aliphatic carbocycles. The highest BCUT2D eigenvalue weighted by molar-refractivity contribution is 7.22. The molecule has 0 amide bonds. The second-order valence-electron chi connectivity index (χ2n) is 4.43. The largest absolute Gasteiger partial charge is 0.416 e. The Labute approximate surface area is 111 Å². The molecule has 0 aliphatic heterocycles. The van der Waals surface area contributed by atoms with Crippen LogP contribution < -0.4 is 5.43 Å². The van der Waals surface area contributed by atoms with Crippen molar-refractivity contribution in [1.82, 2.24) is 4.98 Å². The summed E-state index contributed by atoms with van der Waals surface area (Å²) in [4.78, 5) is 4.18. The summed E-state index contributed by atoms with van der Waals surface area (Å²) in [5.41, 5.74) is 2.65. The molecule has 0 unspecified atom stereocenters. The van der Waals surface area contributed by atoms with Gasteiger partial charge in [0.2, 0.25) is 5.13 Å². The average Bonchev–Trinajstić information content (AvgIpc) is 3.06. The molecule has 0 radical (unpaired) electrons. The lowest BCUT2D eigenvalue weighted by Crippen LogP contribution is -2.03. The molecule has 19 heavy (non-hydrogen) atoms. The summed E-state index contributed by atoms with van der Waals surface area (Å²) in [5.74, 6) is 0.540. The number of hydrogen-bond donors (Lipinski definition) is 1. The minimum absolute atomic E-state index is 0.499. The quantitative estimate of drug-likeness (QED) is 0.680. The highest BCUT2D eigenvalue weighted by Gasteiger charge is 2.30. The first-order chi connectivity index (χ1) is 9.02. The van der Waals surface area contributed by atoms with E-state index in [-0.39, 0.29) is 0 Å². The van der Waals surface area contributed by atoms with Gasteiger partial charge in [0, 0.05) is 6.21 Å². The van der Waals surface area contributed by atoms with Crippen LogP contribution in [0.4, 0.5) is 18.3 Å². The third kappa shape index (κ3) is 2.86. The fraction of sp³-hybridized carbons (Fsp3) is 0.333. The van der Waals surface area contributed by atoms with Crippen molar-refractivity contribution in [3.8, 4) is 0 Å². The van der Waals surface area contributed by atoms with Crippen molar-refractivity contribution < 1.29 is 13.2 Å². The molecule has 1 aromatic carbocycles. The molecule has 0 spiro atoms. The second kappa shape index (κ2) is 4.48. The van der Waals surface area contributed by atoms with E-state index in [2.05, 4.69) is 15.5 Å². The molecule has 1 aromatic heterocycles. The van der Waals surface area contributed by atoms with Crippen LogP contribution in [0.15, 0.2) is 23.3 Å². The molecule has 1 aliphatic rings. The van der Waals surface area contributed by atoms with Crippen LogP contribution in [-0.2, 0) is 6.18 Å². The van der Waals surface area contributed by atoms with Crippen LogP contribution in [0, 0.1) is 5.92 Å². The first kappa shape index (κ1) is 12.4. The molecule has 0 saturated heterocycles. The molecular formula is C12H10F3N3S. The first-order valence-corrected chi connectivity index (χ1v) is 6.61. The minimum Gasteiger partial charge on any atom is -0.253 e. The van der Waals surface area contributed by atoms with Crippen molar-refractivity contribution in [3.05, 3.63) is 23.8 Å². The summed E-state index contributed by atoms with van der Waals surface area (Å²) >= 11 is 1.16. The summed E-state index contributed by atoms with van der Waals surface area (Å²) in [6.45, 7) is 0. The van der Waals surface area contributed by atoms with E-state index >= 15 is 0 Å². The Kier molecular flexibility index (Phi) is 2.93. The van der Waals surface area contributed by atoms with Crippen LogP contribution in [0.3, 0.4) is 0 Å². The summed E-state index contributed by atoms with van der Waals surface area (Å²) in [7, 11) is 0. The Morgan fingerprint density at radius 1 is 1.37 bits per heavy atom. The van der Waals surface area contributed by atoms with E-state index < -0.39 is 11.7 Å². The molecule has 2 aromatic rings. The van der Waals surface area contributed by atoms with Crippen LogP contribution in [0.25, 0.3) is 10.2 Å². The van der Waals surface area contributed by atoms with E-state index in [4.69, 9.17) is 0 Å². The predicted molar refractivity (Wildman–Crippen MR) is 69.5 cm³/mol. The number of hydrogen-bond acceptors (Lipinski definition) is 4. The third-order valence-corrected chi connectivity index (χ3v) is 3.71. The van der Waals surface area contributed by atoms with Crippen LogP contribution in [0.5, 0.6) is 0 Å². The lowest BCUT2D eigenvalue weighted by Gasteiger charge is -2.04. The standard InChI is InChI=1S/C12H10F3N3S/c13-12(14,15)8-3-4-9-10(5-8)19-11(17-9)18-16-6-7-1-2-7/h3-7H,1-2H2,(H,17,18)/b16-6+. The second-order valence-corrected chi connectivity index (χ2v) is 5.46. The predicted octanol–water partition coefficient (Wildman–Crippen LogP) is 4.12. The van der Waals surface area contributed by atoms with Gasteiger partial charge in [-0.1, -0.05) is 11.3 Å². The minimum atomic E-state index is -4.32. The zero-order chi connectivity index (χ0) is 13.5. The Hall–Kier alpha value is -1.63. The normalized spacial score (nSPS) is 16.4. The van der Waals surface area contributed by atoms with Crippen LogP contribution in [0.2, 0.25) is 0 Å². The summed E-state index contributed by atoms with van der Waals surface area (Å²) in [6.07, 6.45) is -0.205. The molecule has 1 fully saturated rings. The number of aromatic nitrogens is 1. The molecule has 0 bridgehead atoms. The maximum atomic E-state index is 12.6. The summed E-state index contributed by atoms with van der Waals surface area (Å²) in [5, 5.41) is 4.53. The van der Waals surface area contributed by atoms with Gasteiger partial charge in [0.25, 0.3) is 0 Å². The molecule has 7 heteroatoms. The number of benzene rings is 1. The van der Waals surface area contributed by atoms with Gasteiger partial charge >= 0.3 is 6.18 Å². The van der Waals surface area contributed by atoms with Crippen LogP contribution in [0.1, 0.15) is 18.4 Å². The topological polar surface area (TPSA) is 37.3 Å². The molecule has 0 atom stereocenters. The number of fused-ring (bicyclic) bond motifs is 1. The Morgan fingerprint density at radius 2 is 2.16 bits per heavy atom. The van der Waals surface area contributed by atoms with E-state index in [0.717, 1.165) is 36.3 Å². The maximum absolute atomic E-state index is 12.6. The zero-order valence-electron chi connectivity index (χ0n) is 9.74. The number of thiazole rings is 1. The van der Waals surface area contributed by atoms with Gasteiger partial charge in [0.1, 0.15) is 0 Å². The van der Waals surface area contributed by atoms with Gasteiger partial charge in [-0.15, -0.1) is 0 Å². The maximum Gasteiger partial charge on any atom is 0.416 e. The Bertz CT molecular complexity index is 629. The van der Waals surface area contributed by atoms with Crippen molar-refractivity contribution in [2.75, 3.05) is 5.43 Å². The molecule has 1 saturated carbocycles. The Balaban J connectivity index is 1.83. The molecule has 1 N–H and O–H groups in total. The fourth-order valence-corrected chi connectivity index (χ4v) is 2.45. The van der Waals surface area contributed by atoms with E-state index in [1.54, 1.807) is 0 Å². The van der Waals surface area contributed by atoms with Crippen molar-refractivity contribution in [2.24, 2.45) is 11.0 Å². The summed E-state index contributed by atoms with van der Waals surface area (Å²) < 4.78 is 38.2. The molecule has 100 valence electrons. The molecule has 3 nitrogen and oxygen atoms in total. The lowest BCUT2D eigenvalue weighted by atomic mass is 10.2. The monoisotopic (exact) mass is 285 g/mol. The number of nitrogens with zero attached hydrogens (tertiary/aromatic N) is 2. The molecular weight excluding hydrogens is 275 g/mol. The first-order valence-electron chi connectivity index (χ1n) is 5.79. The SMILES string of the molecule is FC(F)(F)c1ccc2nc(N/N=C/C3CC3)sc2c1. The van der Waals surface area contributed by atoms with Crippen molar-refractivity contribution in [1.29, 1.82) is 0 Å². The highest BCUT2D eigenvalue weighted by atomic mass is 32.1. The van der Waals surface area contributed by atoms with Gasteiger partial charge < -0.3 is 0 Å². The van der Waals surface area contributed by atoms with Crippen LogP contribution >= 0.6 is 11.3 Å². The van der Waals surface area contributed by atoms with Gasteiger partial charge in [0.05, 0.1) is 15.8 Å². The van der Waals surface area contributed by atoms with Crippen LogP contribution in [-0.4, -0.2) is 11.2 Å². The van der Waals surface area contributed by atoms with E-state index in [0.29, 0.717) is 21.3 Å². The van der Waals surface area contributed by atoms with E-state index in [1.165, 1.54) is 6.07 Å². The van der Waals surface area contributed by atoms with Gasteiger partial charge in [-0.3, -0.25) is 5.43 Å². The van der Waals surface area contributed by atoms with E-state index in [1.807, 2.05) is 6.21 Å². The van der Waals surface area contributed by atoms with Gasteiger partial charge in [-0.25, -0.2) is 4.98 Å². The molecule has 1 heterocycles. The average molecular weight is 285 g/mol. The zero-order valence-corrected chi connectivity index (χ0v) is 10.6. The van der Waals surface area contributed by atoms with Crippen molar-refractivity contribution in [3.63, 3.8) is 0 Å². The third-order valence-electron chi connectivity index (χ3n) is 2.78. The number of hydrazone groups is 1. The molecule has 3 rings (SSSR count). The number of anilines is 1. The van der Waals surface area contributed by atoms with Crippen molar-refractivity contribution in [2.45, 2.75) is 19.0 Å². The lowest BCUT2D eigenvalue weighted by molar-refractivity contribution is -0.137. The number of alkyl halides is 3. The van der Waals surface area contributed by atoms with Gasteiger partial charge in [0.15, 0.2) is 0 Å². The number of nitrogens with one attached hydrogen (secondary N) is 1. The highest BCUT2D eigenvalue weighted by Crippen LogP contribution is 2.34. The van der Waals surface area contributed by atoms with E-state index in [9.17, 15) is 13.2 Å². The number of halogens is 3. The van der Waals surface area contributed by atoms with Gasteiger partial charge in [-0.2, -0.15) is 18.3 Å². The number of rotatable bonds is 3. The van der Waals surface area contributed by atoms with Crippen molar-refractivity contribution >= 4 is 32.9 Å². The summed E-state index contributed by atoms with van der Waals surface area (Å²) in [6, 6.07) is 3.53.